The molecule has 0 aromatic heterocycles. The van der Waals surface area contributed by atoms with Gasteiger partial charge in [0.05, 0.1) is 24.0 Å². The second-order valence-electron chi connectivity index (χ2n) is 4.00. The fourth-order valence-corrected chi connectivity index (χ4v) is 1.43. The maximum absolute atomic E-state index is 12.8. The zero-order valence-electron chi connectivity index (χ0n) is 12.7. The van der Waals surface area contributed by atoms with Crippen molar-refractivity contribution >= 4 is 79.3 Å². The Hall–Kier alpha value is -2.45. The Kier molecular flexibility index (Phi) is 11.6. The lowest BCUT2D eigenvalue weighted by Gasteiger charge is -1.93. The van der Waals surface area contributed by atoms with Crippen molar-refractivity contribution < 1.29 is 8.78 Å². The van der Waals surface area contributed by atoms with Crippen molar-refractivity contribution in [3.63, 3.8) is 0 Å². The monoisotopic (exact) mass is 428 g/mol. The number of nitrogen functional groups attached to an aromatic ring is 1. The minimum absolute atomic E-state index is 0.00852. The maximum atomic E-state index is 12.8. The number of rotatable bonds is 1. The minimum atomic E-state index is -0.587. The summed E-state index contributed by atoms with van der Waals surface area (Å²) in [6.07, 6.45) is 0. The molecule has 2 N–H and O–H groups in total. The third kappa shape index (κ3) is 9.75. The molecule has 2 aromatic rings. The first-order valence-corrected chi connectivity index (χ1v) is 7.84. The van der Waals surface area contributed by atoms with E-state index in [4.69, 9.17) is 42.1 Å². The van der Waals surface area contributed by atoms with Crippen molar-refractivity contribution in [1.29, 1.82) is 0 Å². The van der Waals surface area contributed by atoms with E-state index < -0.39 is 11.6 Å². The number of aliphatic imine (C=N–C) groups is 1. The van der Waals surface area contributed by atoms with Gasteiger partial charge in [0.15, 0.2) is 3.78 Å². The van der Waals surface area contributed by atoms with Gasteiger partial charge in [-0.25, -0.2) is 18.5 Å². The van der Waals surface area contributed by atoms with Crippen molar-refractivity contribution in [3.8, 4) is 0 Å². The summed E-state index contributed by atoms with van der Waals surface area (Å²) in [6, 6.07) is 8.00. The quantitative estimate of drug-likeness (QED) is 0.178. The largest absolute Gasteiger partial charge is 0.399 e. The van der Waals surface area contributed by atoms with Crippen molar-refractivity contribution in [2.45, 2.75) is 0 Å². The molecular weight excluding hydrogens is 421 g/mol. The van der Waals surface area contributed by atoms with Gasteiger partial charge in [-0.1, -0.05) is 47.6 Å². The van der Waals surface area contributed by atoms with E-state index in [1.54, 1.807) is 0 Å². The molecule has 0 amide bonds. The van der Waals surface area contributed by atoms with E-state index in [1.165, 1.54) is 24.3 Å². The van der Waals surface area contributed by atoms with Gasteiger partial charge >= 0.3 is 0 Å². The van der Waals surface area contributed by atoms with Crippen LogP contribution in [0, 0.1) is 24.8 Å². The summed E-state index contributed by atoms with van der Waals surface area (Å²) < 4.78 is 25.3. The zero-order valence-corrected chi connectivity index (χ0v) is 15.9. The van der Waals surface area contributed by atoms with Crippen LogP contribution in [0.1, 0.15) is 0 Å². The normalized spacial score (nSPS) is 8.23. The molecule has 0 spiro atoms. The molecule has 0 aliphatic heterocycles. The fourth-order valence-electron chi connectivity index (χ4n) is 1.32. The molecule has 0 aliphatic rings. The number of hydrogen-bond donors (Lipinski definition) is 1. The second kappa shape index (κ2) is 12.8. The lowest BCUT2D eigenvalue weighted by molar-refractivity contribution is 0.634. The van der Waals surface area contributed by atoms with E-state index in [-0.39, 0.29) is 15.2 Å². The number of anilines is 1. The molecule has 10 heteroatoms. The number of isothiocyanates is 1. The van der Waals surface area contributed by atoms with E-state index in [0.29, 0.717) is 11.4 Å². The number of benzene rings is 2. The molecule has 0 bridgehead atoms. The average Bonchev–Trinajstić information content (AvgIpc) is 2.55. The third-order valence-electron chi connectivity index (χ3n) is 2.32. The average molecular weight is 429 g/mol. The van der Waals surface area contributed by atoms with E-state index in [1.807, 2.05) is 0 Å². The highest BCUT2D eigenvalue weighted by Gasteiger charge is 2.01. The molecule has 2 aromatic carbocycles. The van der Waals surface area contributed by atoms with E-state index in [2.05, 4.69) is 44.3 Å². The summed E-state index contributed by atoms with van der Waals surface area (Å²) >= 11 is 18.0. The third-order valence-corrected chi connectivity index (χ3v) is 2.41. The van der Waals surface area contributed by atoms with Crippen molar-refractivity contribution in [1.82, 2.24) is 0 Å². The molecule has 132 valence electrons. The Morgan fingerprint density at radius 2 is 1.50 bits per heavy atom. The molecule has 2 rings (SSSR count). The summed E-state index contributed by atoms with van der Waals surface area (Å²) in [6.45, 7) is 13.1. The first kappa shape index (κ1) is 23.5. The summed E-state index contributed by atoms with van der Waals surface area (Å²) in [4.78, 5) is 9.45. The van der Waals surface area contributed by atoms with Crippen LogP contribution in [-0.4, -0.2) is 8.94 Å². The van der Waals surface area contributed by atoms with Crippen LogP contribution in [0.15, 0.2) is 41.4 Å². The minimum Gasteiger partial charge on any atom is -0.399 e. The molecular formula is C16H8Cl2F2N4S2. The summed E-state index contributed by atoms with van der Waals surface area (Å²) in [7, 11) is 0. The Morgan fingerprint density at radius 3 is 1.88 bits per heavy atom. The van der Waals surface area contributed by atoms with Gasteiger partial charge in [0, 0.05) is 5.69 Å². The predicted molar refractivity (Wildman–Crippen MR) is 109 cm³/mol. The molecule has 0 aliphatic carbocycles. The number of nitrogens with zero attached hydrogens (tertiary/aromatic N) is 3. The lowest BCUT2D eigenvalue weighted by atomic mass is 10.3. The van der Waals surface area contributed by atoms with Crippen LogP contribution >= 0.6 is 47.6 Å². The van der Waals surface area contributed by atoms with Gasteiger partial charge in [-0.15, -0.1) is 0 Å². The number of thiocarbonyl (C=S) groups is 2. The van der Waals surface area contributed by atoms with Crippen LogP contribution in [0.3, 0.4) is 0 Å². The van der Waals surface area contributed by atoms with E-state index in [9.17, 15) is 8.78 Å². The standard InChI is InChI=1S/C8H3FN2S.C7H5FN2.CCl2S/c1-10-8-3-2-6(11-5-12)4-7(8)9;1-10-7-3-2-5(9)4-6(7)8;2-1(3)4/h2-4H;2-4H,9H2;. The highest BCUT2D eigenvalue weighted by molar-refractivity contribution is 7.86. The molecule has 0 fully saturated rings. The van der Waals surface area contributed by atoms with Crippen LogP contribution < -0.4 is 5.73 Å². The molecule has 4 nitrogen and oxygen atoms in total. The topological polar surface area (TPSA) is 47.1 Å². The molecule has 0 heterocycles. The van der Waals surface area contributed by atoms with Gasteiger partial charge in [-0.05, 0) is 36.5 Å². The summed E-state index contributed by atoms with van der Waals surface area (Å²) in [5.74, 6) is -1.15. The van der Waals surface area contributed by atoms with Gasteiger partial charge in [0.25, 0.3) is 0 Å². The molecule has 0 atom stereocenters. The van der Waals surface area contributed by atoms with Crippen LogP contribution in [-0.2, 0) is 0 Å². The fraction of sp³-hybridized carbons (Fsp3) is 0. The molecule has 0 unspecified atom stereocenters. The van der Waals surface area contributed by atoms with E-state index >= 15 is 0 Å². The van der Waals surface area contributed by atoms with Crippen LogP contribution in [0.2, 0.25) is 0 Å². The Balaban J connectivity index is 0.000000405. The number of halogens is 4. The van der Waals surface area contributed by atoms with Gasteiger partial charge in [0.1, 0.15) is 11.6 Å². The van der Waals surface area contributed by atoms with Crippen LogP contribution in [0.25, 0.3) is 9.69 Å². The lowest BCUT2D eigenvalue weighted by Crippen LogP contribution is -1.84. The van der Waals surface area contributed by atoms with E-state index in [0.717, 1.165) is 12.1 Å². The Labute approximate surface area is 169 Å². The number of hydrogen-bond acceptors (Lipinski definition) is 4. The molecule has 26 heavy (non-hydrogen) atoms. The smallest absolute Gasteiger partial charge is 0.222 e. The first-order valence-electron chi connectivity index (χ1n) is 6.27. The van der Waals surface area contributed by atoms with Gasteiger partial charge < -0.3 is 5.73 Å². The molecule has 0 radical (unpaired) electrons. The SMILES string of the molecule is S=C(Cl)Cl.[C-]#[N+]c1ccc(N)cc1F.[C-]#[N+]c1ccc(N=C=S)cc1F. The van der Waals surface area contributed by atoms with Crippen molar-refractivity contribution in [2.75, 3.05) is 5.73 Å². The van der Waals surface area contributed by atoms with Gasteiger partial charge in [-0.3, -0.25) is 0 Å². The van der Waals surface area contributed by atoms with Crippen molar-refractivity contribution in [3.05, 3.63) is 70.9 Å². The van der Waals surface area contributed by atoms with Crippen molar-refractivity contribution in [2.24, 2.45) is 4.99 Å². The van der Waals surface area contributed by atoms with Gasteiger partial charge in [-0.2, -0.15) is 4.99 Å². The second-order valence-corrected chi connectivity index (χ2v) is 5.99. The highest BCUT2D eigenvalue weighted by atomic mass is 35.5. The molecule has 0 saturated carbocycles. The van der Waals surface area contributed by atoms with Crippen LogP contribution in [0.5, 0.6) is 0 Å². The summed E-state index contributed by atoms with van der Waals surface area (Å²) in [5, 5.41) is 2.11. The van der Waals surface area contributed by atoms with Crippen LogP contribution in [0.4, 0.5) is 31.5 Å². The zero-order chi connectivity index (χ0) is 20.1. The number of nitrogens with two attached hydrogens (primary N) is 1. The first-order chi connectivity index (χ1) is 12.2. The highest BCUT2D eigenvalue weighted by Crippen LogP contribution is 2.22. The Bertz CT molecular complexity index is 913. The Morgan fingerprint density at radius 1 is 1.04 bits per heavy atom. The maximum Gasteiger partial charge on any atom is 0.222 e. The predicted octanol–water partition coefficient (Wildman–Crippen LogP) is 6.82. The molecule has 0 saturated heterocycles. The summed E-state index contributed by atoms with van der Waals surface area (Å²) in [5.41, 5.74) is 5.94. The van der Waals surface area contributed by atoms with Gasteiger partial charge in [0.2, 0.25) is 11.4 Å².